The van der Waals surface area contributed by atoms with Crippen LogP contribution in [0.5, 0.6) is 0 Å². The van der Waals surface area contributed by atoms with Crippen LogP contribution in [-0.4, -0.2) is 162 Å². The number of alkyl halides is 3. The zero-order valence-electron chi connectivity index (χ0n) is 77.8. The number of likely N-dealkylation sites (tertiary alicyclic amines) is 1. The molecule has 12 aromatic heterocycles. The highest BCUT2D eigenvalue weighted by Gasteiger charge is 2.42. The van der Waals surface area contributed by atoms with Crippen molar-refractivity contribution in [3.8, 4) is 90.1 Å². The topological polar surface area (TPSA) is 340 Å². The van der Waals surface area contributed by atoms with Crippen LogP contribution in [0.15, 0.2) is 370 Å². The van der Waals surface area contributed by atoms with Gasteiger partial charge in [0, 0.05) is 159 Å². The summed E-state index contributed by atoms with van der Waals surface area (Å²) in [6.07, 6.45) is 17.9. The third kappa shape index (κ3) is 22.9. The summed E-state index contributed by atoms with van der Waals surface area (Å²) in [5.74, 6) is 2.91. The van der Waals surface area contributed by atoms with Gasteiger partial charge in [-0.1, -0.05) is 231 Å². The maximum atomic E-state index is 14.3. The largest absolute Gasteiger partial charge is 0.465 e. The van der Waals surface area contributed by atoms with E-state index >= 15 is 0 Å². The molecule has 714 valence electrons. The number of halogens is 3. The van der Waals surface area contributed by atoms with Gasteiger partial charge in [-0.15, -0.1) is 20.4 Å². The predicted molar refractivity (Wildman–Crippen MR) is 545 cm³/mol. The number of carbonyl (C=O) groups excluding carboxylic acids is 3. The van der Waals surface area contributed by atoms with E-state index in [1.165, 1.54) is 67.0 Å². The van der Waals surface area contributed by atoms with Crippen molar-refractivity contribution in [2.24, 2.45) is 0 Å². The lowest BCUT2D eigenvalue weighted by molar-refractivity contribution is -0.144. The zero-order chi connectivity index (χ0) is 98.6. The van der Waals surface area contributed by atoms with E-state index < -0.39 is 28.0 Å². The first kappa shape index (κ1) is 95.5. The molecule has 0 aliphatic carbocycles. The van der Waals surface area contributed by atoms with Gasteiger partial charge in [0.15, 0.2) is 56.4 Å². The first-order valence-corrected chi connectivity index (χ1v) is 47.9. The summed E-state index contributed by atoms with van der Waals surface area (Å²) in [5.41, 5.74) is 17.7. The average molecular weight is 1930 g/mol. The highest BCUT2D eigenvalue weighted by atomic mass is 32.2. The van der Waals surface area contributed by atoms with Crippen LogP contribution in [0.3, 0.4) is 0 Å². The van der Waals surface area contributed by atoms with Gasteiger partial charge in [0.25, 0.3) is 11.8 Å². The number of benzene rings is 8. The molecular formula is C110H95F3N22O7S. The van der Waals surface area contributed by atoms with Crippen molar-refractivity contribution >= 4 is 73.0 Å². The number of nitrogens with one attached hydrogen (secondary N) is 5. The number of sulfone groups is 1. The number of aromatic nitrogens is 16. The molecule has 0 spiro atoms. The van der Waals surface area contributed by atoms with E-state index in [9.17, 15) is 36.0 Å². The van der Waals surface area contributed by atoms with Gasteiger partial charge in [-0.2, -0.15) is 13.2 Å². The fourth-order valence-corrected chi connectivity index (χ4v) is 17.1. The molecule has 1 atom stereocenters. The van der Waals surface area contributed by atoms with E-state index in [-0.39, 0.29) is 39.5 Å². The molecule has 29 nitrogen and oxygen atoms in total. The van der Waals surface area contributed by atoms with Gasteiger partial charge in [-0.05, 0) is 125 Å². The number of anilines is 4. The smallest absolute Gasteiger partial charge is 0.412 e. The minimum Gasteiger partial charge on any atom is -0.465 e. The molecule has 21 rings (SSSR count). The van der Waals surface area contributed by atoms with Crippen LogP contribution in [0.25, 0.3) is 112 Å². The molecule has 0 bridgehead atoms. The fourth-order valence-electron chi connectivity index (χ4n) is 16.5. The van der Waals surface area contributed by atoms with Crippen LogP contribution in [0.2, 0.25) is 0 Å². The molecule has 0 saturated carbocycles. The first-order valence-electron chi connectivity index (χ1n) is 46.0. The number of methoxy groups -OCH3 is 2. The zero-order valence-corrected chi connectivity index (χ0v) is 78.6. The molecule has 2 amide bonds. The van der Waals surface area contributed by atoms with Gasteiger partial charge >= 0.3 is 12.1 Å². The number of pyridine rings is 4. The summed E-state index contributed by atoms with van der Waals surface area (Å²) in [4.78, 5) is 75.7. The number of rotatable bonds is 27. The van der Waals surface area contributed by atoms with Crippen molar-refractivity contribution in [1.82, 2.24) is 88.5 Å². The maximum Gasteiger partial charge on any atom is 0.412 e. The lowest BCUT2D eigenvalue weighted by atomic mass is 10.1. The number of esters is 1. The Balaban J connectivity index is 0.000000126. The Labute approximate surface area is 820 Å². The fraction of sp³-hybridized carbons (Fsp3) is 0.136. The van der Waals surface area contributed by atoms with E-state index in [2.05, 4.69) is 123 Å². The van der Waals surface area contributed by atoms with Crippen LogP contribution in [0.4, 0.5) is 36.4 Å². The van der Waals surface area contributed by atoms with E-state index in [0.29, 0.717) is 101 Å². The lowest BCUT2D eigenvalue weighted by Gasteiger charge is -2.26. The Morgan fingerprint density at radius 3 is 1.24 bits per heavy atom. The van der Waals surface area contributed by atoms with Gasteiger partial charge in [0.05, 0.1) is 47.5 Å². The quantitative estimate of drug-likeness (QED) is 0.0236. The molecule has 8 aromatic carbocycles. The van der Waals surface area contributed by atoms with Crippen molar-refractivity contribution in [3.63, 3.8) is 0 Å². The molecule has 0 radical (unpaired) electrons. The number of hydrogen-bond donors (Lipinski definition) is 5. The lowest BCUT2D eigenvalue weighted by Crippen LogP contribution is -2.35. The monoisotopic (exact) mass is 1920 g/mol. The van der Waals surface area contributed by atoms with E-state index in [0.717, 1.165) is 116 Å². The van der Waals surface area contributed by atoms with Crippen LogP contribution in [0.1, 0.15) is 78.8 Å². The summed E-state index contributed by atoms with van der Waals surface area (Å²) < 4.78 is 83.7. The molecule has 1 fully saturated rings. The molecular weight excluding hydrogens is 1830 g/mol. The van der Waals surface area contributed by atoms with Gasteiger partial charge in [-0.25, -0.2) is 51.2 Å². The van der Waals surface area contributed by atoms with E-state index in [1.54, 1.807) is 74.5 Å². The minimum atomic E-state index is -4.64. The summed E-state index contributed by atoms with van der Waals surface area (Å²) in [5, 5.41) is 34.6. The summed E-state index contributed by atoms with van der Waals surface area (Å²) in [7, 11) is -0.625. The van der Waals surface area contributed by atoms with Crippen molar-refractivity contribution < 1.29 is 45.4 Å². The van der Waals surface area contributed by atoms with E-state index in [4.69, 9.17) is 39.7 Å². The summed E-state index contributed by atoms with van der Waals surface area (Å²) in [6.45, 7) is 4.18. The van der Waals surface area contributed by atoms with Crippen molar-refractivity contribution in [2.45, 2.75) is 56.0 Å². The highest BCUT2D eigenvalue weighted by molar-refractivity contribution is 7.90. The molecule has 33 heteroatoms. The second-order valence-corrected chi connectivity index (χ2v) is 35.4. The molecule has 1 aliphatic heterocycles. The van der Waals surface area contributed by atoms with Crippen LogP contribution in [0, 0.1) is 0 Å². The summed E-state index contributed by atoms with van der Waals surface area (Å²) in [6, 6.07) is 91.2. The predicted octanol–water partition coefficient (Wildman–Crippen LogP) is 20.6. The standard InChI is InChI=1S/C30H28N6O.C28H26N6O2.C26H20F3N5O2S.C26H21N5O2/c37-30(35-15-8-3-9-16-35)25-18-24(20-31-21-25)28-33-29(32-19-22-10-4-1-5-11-22)27-26(14-17-36(27)34-28)23-12-6-2-7-13-23;1-36-15-13-30-28(35)23-16-22(18-29-19-23)26-32-27(31-17-20-8-4-2-5-9-20)25-24(12-14-34(25)33-26)21-10-6-3-7-11-21;1-37(35,36)20-14-19(15-30-16-20)24-32-25(31-23(26(27,28)29)18-10-6-3-7-11-18)22-21(12-13-34(22)33-24)17-8-4-2-5-9-17;1-33-26(32)20-11-7-10-19(16-20)24-29-25(28-17-21-12-5-6-14-27-21)23-22(13-15-31(23)30-24)18-8-3-2-4-9-18/h1-2,4-7,10-14,17-18,20-21H,3,8-9,15-16,19H2,(H,32,33,34);2-12,14,16,18-19H,13,15,17H2,1H3,(H,30,35)(H,31,32,33);2-16,23H,1H3,(H,31,32,33);2-16H,17H2,1H3,(H,28,29,30). The van der Waals surface area contributed by atoms with Crippen molar-refractivity contribution in [2.75, 3.05) is 68.0 Å². The molecule has 1 unspecified atom stereocenters. The molecule has 1 aliphatic rings. The number of amides is 2. The number of piperidine rings is 1. The minimum absolute atomic E-state index is 0.0113. The number of carbonyl (C=O) groups is 3. The molecule has 1 saturated heterocycles. The second kappa shape index (κ2) is 44.3. The number of ether oxygens (including phenoxy) is 2. The molecule has 5 N–H and O–H groups in total. The Hall–Kier alpha value is -17.9. The normalized spacial score (nSPS) is 12.1. The Morgan fingerprint density at radius 2 is 0.797 bits per heavy atom. The Bertz CT molecular complexity index is 7950. The van der Waals surface area contributed by atoms with Crippen LogP contribution < -0.4 is 26.6 Å². The molecule has 143 heavy (non-hydrogen) atoms. The number of hydrogen-bond acceptors (Lipinski definition) is 23. The van der Waals surface area contributed by atoms with E-state index in [1.807, 2.05) is 201 Å². The van der Waals surface area contributed by atoms with Crippen molar-refractivity contribution in [1.29, 1.82) is 0 Å². The third-order valence-corrected chi connectivity index (χ3v) is 24.7. The number of nitrogens with zero attached hydrogens (tertiary/aromatic N) is 17. The average Bonchev–Trinajstić information content (AvgIpc) is 1.66. The van der Waals surface area contributed by atoms with Crippen molar-refractivity contribution in [3.05, 3.63) is 404 Å². The van der Waals surface area contributed by atoms with Gasteiger partial charge in [-0.3, -0.25) is 29.5 Å². The maximum absolute atomic E-state index is 14.3. The molecule has 13 heterocycles. The summed E-state index contributed by atoms with van der Waals surface area (Å²) >= 11 is 0. The van der Waals surface area contributed by atoms with Crippen LogP contribution in [-0.2, 0) is 38.9 Å². The van der Waals surface area contributed by atoms with Gasteiger partial charge < -0.3 is 41.0 Å². The van der Waals surface area contributed by atoms with Crippen LogP contribution >= 0.6 is 0 Å². The van der Waals surface area contributed by atoms with Gasteiger partial charge in [0.1, 0.15) is 28.1 Å². The Morgan fingerprint density at radius 1 is 0.406 bits per heavy atom. The van der Waals surface area contributed by atoms with Gasteiger partial charge in [0.2, 0.25) is 0 Å². The number of fused-ring (bicyclic) bond motifs is 4. The second-order valence-electron chi connectivity index (χ2n) is 33.4. The Kier molecular flexibility index (Phi) is 29.6. The third-order valence-electron chi connectivity index (χ3n) is 23.6. The SMILES string of the molecule is COC(=O)c1cccc(-c2nc(NCc3ccccn3)c3c(-c4ccccc4)ccn3n2)c1.COCCNC(=O)c1cncc(-c2nc(NCc3ccccc3)c3c(-c4ccccc4)ccn3n2)c1.CS(=O)(=O)c1cncc(-c2nc(NC(c3ccccc3)C(F)(F)F)c3c(-c4ccccc4)ccn3n2)c1.O=C(c1cncc(-c2nc(NCc3ccccc3)c3c(-c4ccccc4)ccn3n2)c1)N1CCCCC1. The highest BCUT2D eigenvalue weighted by Crippen LogP contribution is 2.41. The first-order chi connectivity index (χ1) is 69.8. The molecule has 20 aromatic rings.